The summed E-state index contributed by atoms with van der Waals surface area (Å²) in [5.41, 5.74) is 5.78. The number of hydrogen-bond donors (Lipinski definition) is 2. The molecule has 6 heteroatoms. The van der Waals surface area contributed by atoms with E-state index in [4.69, 9.17) is 4.74 Å². The number of aryl methyl sites for hydroxylation is 1. The average Bonchev–Trinajstić information content (AvgIpc) is 2.80. The summed E-state index contributed by atoms with van der Waals surface area (Å²) >= 11 is 0. The number of carbonyl (C=O) groups is 1. The Morgan fingerprint density at radius 3 is 2.61 bits per heavy atom. The lowest BCUT2D eigenvalue weighted by Gasteiger charge is -2.17. The predicted molar refractivity (Wildman–Crippen MR) is 121 cm³/mol. The SMILES string of the molecule is COc1ccc(CCC(=O)Nc2cccc(Cc3n[nH]c(=O)c4c3CCCC4)c2)cc1. The summed E-state index contributed by atoms with van der Waals surface area (Å²) < 4.78 is 5.16. The number of aromatic nitrogens is 2. The molecule has 0 fully saturated rings. The molecule has 2 aromatic carbocycles. The predicted octanol–water partition coefficient (Wildman–Crippen LogP) is 3.82. The van der Waals surface area contributed by atoms with Crippen LogP contribution in [0, 0.1) is 0 Å². The smallest absolute Gasteiger partial charge is 0.267 e. The van der Waals surface area contributed by atoms with Crippen LogP contribution in [-0.4, -0.2) is 23.2 Å². The molecule has 31 heavy (non-hydrogen) atoms. The van der Waals surface area contributed by atoms with Gasteiger partial charge in [0.2, 0.25) is 5.91 Å². The zero-order valence-electron chi connectivity index (χ0n) is 17.7. The number of carbonyl (C=O) groups excluding carboxylic acids is 1. The molecule has 0 bridgehead atoms. The van der Waals surface area contributed by atoms with Crippen LogP contribution < -0.4 is 15.6 Å². The Balaban J connectivity index is 1.39. The van der Waals surface area contributed by atoms with Crippen LogP contribution in [0.25, 0.3) is 0 Å². The molecular weight excluding hydrogens is 390 g/mol. The lowest BCUT2D eigenvalue weighted by Crippen LogP contribution is -2.23. The van der Waals surface area contributed by atoms with Gasteiger partial charge in [0.05, 0.1) is 12.8 Å². The van der Waals surface area contributed by atoms with Gasteiger partial charge in [-0.15, -0.1) is 0 Å². The summed E-state index contributed by atoms with van der Waals surface area (Å²) in [4.78, 5) is 24.5. The number of nitrogens with one attached hydrogen (secondary N) is 2. The molecule has 2 N–H and O–H groups in total. The Labute approximate surface area is 181 Å². The molecular formula is C25H27N3O3. The van der Waals surface area contributed by atoms with E-state index in [1.807, 2.05) is 48.5 Å². The van der Waals surface area contributed by atoms with Gasteiger partial charge in [-0.2, -0.15) is 5.10 Å². The van der Waals surface area contributed by atoms with Crippen LogP contribution in [0.5, 0.6) is 5.75 Å². The van der Waals surface area contributed by atoms with Crippen LogP contribution in [0.4, 0.5) is 5.69 Å². The largest absolute Gasteiger partial charge is 0.497 e. The molecule has 0 saturated heterocycles. The molecule has 3 aromatic rings. The summed E-state index contributed by atoms with van der Waals surface area (Å²) in [5, 5.41) is 9.96. The molecule has 6 nitrogen and oxygen atoms in total. The first-order chi connectivity index (χ1) is 15.1. The van der Waals surface area contributed by atoms with E-state index < -0.39 is 0 Å². The molecule has 0 spiro atoms. The van der Waals surface area contributed by atoms with E-state index >= 15 is 0 Å². The molecule has 1 heterocycles. The van der Waals surface area contributed by atoms with E-state index in [0.29, 0.717) is 19.3 Å². The van der Waals surface area contributed by atoms with Crippen LogP contribution in [-0.2, 0) is 30.5 Å². The molecule has 0 atom stereocenters. The van der Waals surface area contributed by atoms with Gasteiger partial charge < -0.3 is 10.1 Å². The van der Waals surface area contributed by atoms with E-state index in [9.17, 15) is 9.59 Å². The number of H-pyrrole nitrogens is 1. The van der Waals surface area contributed by atoms with Crippen molar-refractivity contribution >= 4 is 11.6 Å². The second kappa shape index (κ2) is 9.60. The van der Waals surface area contributed by atoms with Crippen molar-refractivity contribution in [1.82, 2.24) is 10.2 Å². The van der Waals surface area contributed by atoms with Crippen LogP contribution in [0.3, 0.4) is 0 Å². The van der Waals surface area contributed by atoms with Gasteiger partial charge in [0.1, 0.15) is 5.75 Å². The molecule has 0 radical (unpaired) electrons. The fourth-order valence-corrected chi connectivity index (χ4v) is 4.10. The fourth-order valence-electron chi connectivity index (χ4n) is 4.10. The van der Waals surface area contributed by atoms with Crippen LogP contribution in [0.1, 0.15) is 47.2 Å². The minimum Gasteiger partial charge on any atom is -0.497 e. The molecule has 160 valence electrons. The molecule has 1 aliphatic rings. The summed E-state index contributed by atoms with van der Waals surface area (Å²) in [5.74, 6) is 0.788. The molecule has 1 aliphatic carbocycles. The number of amides is 1. The number of rotatable bonds is 7. The first-order valence-electron chi connectivity index (χ1n) is 10.7. The van der Waals surface area contributed by atoms with E-state index in [1.54, 1.807) is 7.11 Å². The fraction of sp³-hybridized carbons (Fsp3) is 0.320. The summed E-state index contributed by atoms with van der Waals surface area (Å²) in [6.07, 6.45) is 5.59. The Bertz CT molecular complexity index is 1120. The van der Waals surface area contributed by atoms with E-state index in [2.05, 4.69) is 15.5 Å². The molecule has 0 aliphatic heterocycles. The topological polar surface area (TPSA) is 84.1 Å². The number of methoxy groups -OCH3 is 1. The third-order valence-corrected chi connectivity index (χ3v) is 5.76. The van der Waals surface area contributed by atoms with Crippen molar-refractivity contribution < 1.29 is 9.53 Å². The minimum atomic E-state index is -0.0590. The zero-order chi connectivity index (χ0) is 21.6. The lowest BCUT2D eigenvalue weighted by molar-refractivity contribution is -0.116. The molecule has 1 amide bonds. The van der Waals surface area contributed by atoms with Crippen molar-refractivity contribution in [3.63, 3.8) is 0 Å². The highest BCUT2D eigenvalue weighted by molar-refractivity contribution is 5.90. The highest BCUT2D eigenvalue weighted by atomic mass is 16.5. The maximum absolute atomic E-state index is 12.4. The summed E-state index contributed by atoms with van der Waals surface area (Å²) in [6, 6.07) is 15.6. The zero-order valence-corrected chi connectivity index (χ0v) is 17.7. The van der Waals surface area contributed by atoms with Crippen LogP contribution >= 0.6 is 0 Å². The van der Waals surface area contributed by atoms with E-state index in [0.717, 1.165) is 65.1 Å². The Morgan fingerprint density at radius 1 is 1.06 bits per heavy atom. The molecule has 4 rings (SSSR count). The number of anilines is 1. The average molecular weight is 418 g/mol. The highest BCUT2D eigenvalue weighted by Crippen LogP contribution is 2.23. The van der Waals surface area contributed by atoms with Crippen molar-refractivity contribution in [3.05, 3.63) is 86.8 Å². The Hall–Kier alpha value is -3.41. The van der Waals surface area contributed by atoms with Gasteiger partial charge >= 0.3 is 0 Å². The van der Waals surface area contributed by atoms with Gasteiger partial charge in [0, 0.05) is 24.1 Å². The third-order valence-electron chi connectivity index (χ3n) is 5.76. The van der Waals surface area contributed by atoms with E-state index in [1.165, 1.54) is 0 Å². The normalized spacial score (nSPS) is 12.8. The molecule has 0 saturated carbocycles. The lowest BCUT2D eigenvalue weighted by atomic mass is 9.90. The third kappa shape index (κ3) is 5.20. The van der Waals surface area contributed by atoms with E-state index in [-0.39, 0.29) is 11.5 Å². The van der Waals surface area contributed by atoms with Crippen molar-refractivity contribution in [2.24, 2.45) is 0 Å². The van der Waals surface area contributed by atoms with Crippen molar-refractivity contribution in [1.29, 1.82) is 0 Å². The number of fused-ring (bicyclic) bond motifs is 1. The number of aromatic amines is 1. The standard InChI is InChI=1S/C25H27N3O3/c1-31-20-12-9-17(10-13-20)11-14-24(29)26-19-6-4-5-18(15-19)16-23-21-7-2-3-8-22(21)25(30)28-27-23/h4-6,9-10,12-13,15H,2-3,7-8,11,14,16H2,1H3,(H,26,29)(H,28,30). The Morgan fingerprint density at radius 2 is 1.84 bits per heavy atom. The number of ether oxygens (including phenoxy) is 1. The number of hydrogen-bond acceptors (Lipinski definition) is 4. The van der Waals surface area contributed by atoms with Gasteiger partial charge in [-0.05, 0) is 73.1 Å². The monoisotopic (exact) mass is 417 g/mol. The first-order valence-corrected chi connectivity index (χ1v) is 10.7. The van der Waals surface area contributed by atoms with Crippen LogP contribution in [0.2, 0.25) is 0 Å². The number of benzene rings is 2. The van der Waals surface area contributed by atoms with Gasteiger partial charge in [0.15, 0.2) is 0 Å². The quantitative estimate of drug-likeness (QED) is 0.612. The highest BCUT2D eigenvalue weighted by Gasteiger charge is 2.18. The minimum absolute atomic E-state index is 0.0208. The second-order valence-corrected chi connectivity index (χ2v) is 7.94. The molecule has 0 unspecified atom stereocenters. The maximum atomic E-state index is 12.4. The van der Waals surface area contributed by atoms with Crippen molar-refractivity contribution in [3.8, 4) is 5.75 Å². The van der Waals surface area contributed by atoms with Gasteiger partial charge in [-0.3, -0.25) is 9.59 Å². The maximum Gasteiger partial charge on any atom is 0.267 e. The molecule has 1 aromatic heterocycles. The van der Waals surface area contributed by atoms with Gasteiger partial charge in [-0.1, -0.05) is 24.3 Å². The summed E-state index contributed by atoms with van der Waals surface area (Å²) in [7, 11) is 1.64. The Kier molecular flexibility index (Phi) is 6.46. The van der Waals surface area contributed by atoms with Gasteiger partial charge in [-0.25, -0.2) is 5.10 Å². The number of nitrogens with zero attached hydrogens (tertiary/aromatic N) is 1. The van der Waals surface area contributed by atoms with Crippen molar-refractivity contribution in [2.45, 2.75) is 44.9 Å². The van der Waals surface area contributed by atoms with Crippen LogP contribution in [0.15, 0.2) is 53.3 Å². The van der Waals surface area contributed by atoms with Crippen molar-refractivity contribution in [2.75, 3.05) is 12.4 Å². The summed E-state index contributed by atoms with van der Waals surface area (Å²) in [6.45, 7) is 0. The second-order valence-electron chi connectivity index (χ2n) is 7.94. The first kappa shape index (κ1) is 20.8. The van der Waals surface area contributed by atoms with Gasteiger partial charge in [0.25, 0.3) is 5.56 Å².